The van der Waals surface area contributed by atoms with Gasteiger partial charge in [-0.15, -0.1) is 0 Å². The zero-order valence-electron chi connectivity index (χ0n) is 10.1. The van der Waals surface area contributed by atoms with Crippen LogP contribution in [0.2, 0.25) is 0 Å². The fourth-order valence-electron chi connectivity index (χ4n) is 2.25. The third-order valence-corrected chi connectivity index (χ3v) is 2.98. The van der Waals surface area contributed by atoms with Crippen LogP contribution in [0.3, 0.4) is 0 Å². The number of hydrogen-bond acceptors (Lipinski definition) is 2. The summed E-state index contributed by atoms with van der Waals surface area (Å²) in [6.45, 7) is 4.13. The highest BCUT2D eigenvalue weighted by molar-refractivity contribution is 5.86. The Hall–Kier alpha value is -1.38. The fourth-order valence-corrected chi connectivity index (χ4v) is 2.25. The van der Waals surface area contributed by atoms with Gasteiger partial charge < -0.3 is 5.73 Å². The van der Waals surface area contributed by atoms with Gasteiger partial charge in [0.05, 0.1) is 11.1 Å². The van der Waals surface area contributed by atoms with Crippen LogP contribution < -0.4 is 5.73 Å². The van der Waals surface area contributed by atoms with Crippen molar-refractivity contribution in [3.05, 3.63) is 30.1 Å². The number of pyridine rings is 1. The zero-order valence-corrected chi connectivity index (χ0v) is 10.1. The second-order valence-electron chi connectivity index (χ2n) is 4.16. The minimum absolute atomic E-state index is 0.255. The van der Waals surface area contributed by atoms with Crippen LogP contribution in [0.5, 0.6) is 0 Å². The van der Waals surface area contributed by atoms with E-state index < -0.39 is 5.41 Å². The Balaban J connectivity index is 3.15. The Morgan fingerprint density at radius 3 is 2.31 bits per heavy atom. The van der Waals surface area contributed by atoms with E-state index in [-0.39, 0.29) is 5.91 Å². The largest absolute Gasteiger partial charge is 0.369 e. The van der Waals surface area contributed by atoms with Crippen LogP contribution in [0.4, 0.5) is 0 Å². The van der Waals surface area contributed by atoms with Gasteiger partial charge in [0, 0.05) is 6.20 Å². The molecule has 0 spiro atoms. The molecule has 1 amide bonds. The lowest BCUT2D eigenvalue weighted by atomic mass is 9.75. The van der Waals surface area contributed by atoms with Crippen LogP contribution >= 0.6 is 0 Å². The predicted molar refractivity (Wildman–Crippen MR) is 64.9 cm³/mol. The maximum absolute atomic E-state index is 11.8. The van der Waals surface area contributed by atoms with Crippen LogP contribution in [0, 0.1) is 0 Å². The summed E-state index contributed by atoms with van der Waals surface area (Å²) in [4.78, 5) is 16.1. The van der Waals surface area contributed by atoms with Gasteiger partial charge in [0.1, 0.15) is 0 Å². The third-order valence-electron chi connectivity index (χ3n) is 2.98. The summed E-state index contributed by atoms with van der Waals surface area (Å²) in [7, 11) is 0. The quantitative estimate of drug-likeness (QED) is 0.800. The molecule has 0 saturated heterocycles. The Bertz CT molecular complexity index is 329. The summed E-state index contributed by atoms with van der Waals surface area (Å²) in [5.41, 5.74) is 5.83. The average Bonchev–Trinajstić information content (AvgIpc) is 2.29. The Labute approximate surface area is 97.1 Å². The molecule has 1 aromatic rings. The van der Waals surface area contributed by atoms with Crippen LogP contribution in [0.25, 0.3) is 0 Å². The highest BCUT2D eigenvalue weighted by Crippen LogP contribution is 2.32. The molecule has 0 bridgehead atoms. The van der Waals surface area contributed by atoms with Crippen LogP contribution in [0.15, 0.2) is 24.4 Å². The molecule has 0 fully saturated rings. The number of rotatable bonds is 6. The van der Waals surface area contributed by atoms with Gasteiger partial charge in [-0.1, -0.05) is 32.8 Å². The molecule has 1 aromatic heterocycles. The standard InChI is InChI=1S/C13H20N2O/c1-3-8-13(9-4-2,12(14)16)11-7-5-6-10-15-11/h5-7,10H,3-4,8-9H2,1-2H3,(H2,14,16). The van der Waals surface area contributed by atoms with Gasteiger partial charge in [0.15, 0.2) is 0 Å². The van der Waals surface area contributed by atoms with Gasteiger partial charge in [-0.2, -0.15) is 0 Å². The van der Waals surface area contributed by atoms with E-state index in [9.17, 15) is 4.79 Å². The first-order chi connectivity index (χ1) is 7.67. The van der Waals surface area contributed by atoms with Crippen molar-refractivity contribution in [1.82, 2.24) is 4.98 Å². The lowest BCUT2D eigenvalue weighted by molar-refractivity contribution is -0.124. The van der Waals surface area contributed by atoms with Crippen molar-refractivity contribution in [2.75, 3.05) is 0 Å². The summed E-state index contributed by atoms with van der Waals surface area (Å²) >= 11 is 0. The Morgan fingerprint density at radius 2 is 1.94 bits per heavy atom. The molecule has 3 heteroatoms. The molecule has 0 radical (unpaired) electrons. The first kappa shape index (κ1) is 12.7. The van der Waals surface area contributed by atoms with E-state index >= 15 is 0 Å². The third kappa shape index (κ3) is 2.40. The van der Waals surface area contributed by atoms with Crippen LogP contribution in [-0.2, 0) is 10.2 Å². The second kappa shape index (κ2) is 5.64. The van der Waals surface area contributed by atoms with Crippen molar-refractivity contribution in [2.45, 2.75) is 44.9 Å². The van der Waals surface area contributed by atoms with E-state index in [1.54, 1.807) is 6.20 Å². The van der Waals surface area contributed by atoms with E-state index in [1.807, 2.05) is 18.2 Å². The lowest BCUT2D eigenvalue weighted by Gasteiger charge is -2.29. The first-order valence-corrected chi connectivity index (χ1v) is 5.88. The van der Waals surface area contributed by atoms with Crippen molar-refractivity contribution in [3.8, 4) is 0 Å². The molecule has 2 N–H and O–H groups in total. The maximum Gasteiger partial charge on any atom is 0.229 e. The molecule has 0 aliphatic carbocycles. The SMILES string of the molecule is CCCC(CCC)(C(N)=O)c1ccccn1. The molecule has 16 heavy (non-hydrogen) atoms. The highest BCUT2D eigenvalue weighted by Gasteiger charge is 2.37. The van der Waals surface area contributed by atoms with E-state index in [1.165, 1.54) is 0 Å². The van der Waals surface area contributed by atoms with E-state index in [2.05, 4.69) is 18.8 Å². The predicted octanol–water partition coefficient (Wildman–Crippen LogP) is 2.40. The number of amides is 1. The fraction of sp³-hybridized carbons (Fsp3) is 0.538. The minimum Gasteiger partial charge on any atom is -0.369 e. The molecule has 0 saturated carbocycles. The van der Waals surface area contributed by atoms with Gasteiger partial charge in [-0.25, -0.2) is 0 Å². The molecular weight excluding hydrogens is 200 g/mol. The number of primary amides is 1. The number of carbonyl (C=O) groups is 1. The number of hydrogen-bond donors (Lipinski definition) is 1. The van der Waals surface area contributed by atoms with Crippen LogP contribution in [0.1, 0.15) is 45.2 Å². The van der Waals surface area contributed by atoms with E-state index in [4.69, 9.17) is 5.73 Å². The smallest absolute Gasteiger partial charge is 0.229 e. The molecular formula is C13H20N2O. The van der Waals surface area contributed by atoms with Crippen molar-refractivity contribution in [3.63, 3.8) is 0 Å². The summed E-state index contributed by atoms with van der Waals surface area (Å²) < 4.78 is 0. The monoisotopic (exact) mass is 220 g/mol. The summed E-state index contributed by atoms with van der Waals surface area (Å²) in [5.74, 6) is -0.255. The van der Waals surface area contributed by atoms with Crippen molar-refractivity contribution in [2.24, 2.45) is 5.73 Å². The van der Waals surface area contributed by atoms with Crippen molar-refractivity contribution in [1.29, 1.82) is 0 Å². The molecule has 0 atom stereocenters. The minimum atomic E-state index is -0.579. The van der Waals surface area contributed by atoms with E-state index in [0.717, 1.165) is 31.4 Å². The maximum atomic E-state index is 11.8. The first-order valence-electron chi connectivity index (χ1n) is 5.88. The molecule has 0 aromatic carbocycles. The lowest BCUT2D eigenvalue weighted by Crippen LogP contribution is -2.41. The van der Waals surface area contributed by atoms with Gasteiger partial charge in [-0.05, 0) is 25.0 Å². The molecule has 88 valence electrons. The highest BCUT2D eigenvalue weighted by atomic mass is 16.1. The number of aromatic nitrogens is 1. The molecule has 3 nitrogen and oxygen atoms in total. The zero-order chi connectivity index (χ0) is 12.0. The topological polar surface area (TPSA) is 56.0 Å². The Kier molecular flexibility index (Phi) is 4.47. The Morgan fingerprint density at radius 1 is 1.31 bits per heavy atom. The van der Waals surface area contributed by atoms with E-state index in [0.29, 0.717) is 0 Å². The van der Waals surface area contributed by atoms with Gasteiger partial charge >= 0.3 is 0 Å². The van der Waals surface area contributed by atoms with Gasteiger partial charge in [0.25, 0.3) is 0 Å². The van der Waals surface area contributed by atoms with Crippen molar-refractivity contribution >= 4 is 5.91 Å². The van der Waals surface area contributed by atoms with Gasteiger partial charge in [-0.3, -0.25) is 9.78 Å². The molecule has 0 aliphatic heterocycles. The summed E-state index contributed by atoms with van der Waals surface area (Å²) in [6, 6.07) is 5.66. The van der Waals surface area contributed by atoms with Crippen molar-refractivity contribution < 1.29 is 4.79 Å². The summed E-state index contributed by atoms with van der Waals surface area (Å²) in [5, 5.41) is 0. The van der Waals surface area contributed by atoms with Gasteiger partial charge in [0.2, 0.25) is 5.91 Å². The molecule has 1 heterocycles. The second-order valence-corrected chi connectivity index (χ2v) is 4.16. The average molecular weight is 220 g/mol. The summed E-state index contributed by atoms with van der Waals surface area (Å²) in [6.07, 6.45) is 5.12. The normalized spacial score (nSPS) is 11.4. The number of carbonyl (C=O) groups excluding carboxylic acids is 1. The molecule has 1 rings (SSSR count). The molecule has 0 aliphatic rings. The van der Waals surface area contributed by atoms with Crippen LogP contribution in [-0.4, -0.2) is 10.9 Å². The number of nitrogens with two attached hydrogens (primary N) is 1. The number of nitrogens with zero attached hydrogens (tertiary/aromatic N) is 1. The molecule has 0 unspecified atom stereocenters.